The summed E-state index contributed by atoms with van der Waals surface area (Å²) in [5.41, 5.74) is 6.62. The highest BCUT2D eigenvalue weighted by molar-refractivity contribution is 7.89. The molecule has 2 aliphatic heterocycles. The van der Waals surface area contributed by atoms with Crippen LogP contribution in [0.5, 0.6) is 0 Å². The van der Waals surface area contributed by atoms with E-state index in [1.54, 1.807) is 28.6 Å². The Kier molecular flexibility index (Phi) is 6.15. The highest BCUT2D eigenvalue weighted by Gasteiger charge is 2.42. The number of carbonyl (C=O) groups is 1. The molecule has 6 nitrogen and oxygen atoms in total. The lowest BCUT2D eigenvalue weighted by Crippen LogP contribution is -2.36. The van der Waals surface area contributed by atoms with E-state index >= 15 is 0 Å². The average molecular weight is 414 g/mol. The molecule has 1 aliphatic carbocycles. The van der Waals surface area contributed by atoms with Crippen LogP contribution in [-0.4, -0.2) is 55.8 Å². The van der Waals surface area contributed by atoms with Gasteiger partial charge >= 0.3 is 0 Å². The third-order valence-corrected chi connectivity index (χ3v) is 8.13. The molecule has 1 aromatic carbocycles. The van der Waals surface area contributed by atoms with Gasteiger partial charge in [-0.15, -0.1) is 12.4 Å². The summed E-state index contributed by atoms with van der Waals surface area (Å²) in [7, 11) is -3.52. The van der Waals surface area contributed by atoms with Crippen LogP contribution in [0.1, 0.15) is 42.5 Å². The number of carbonyl (C=O) groups excluding carboxylic acids is 1. The van der Waals surface area contributed by atoms with Crippen LogP contribution in [0.4, 0.5) is 0 Å². The molecule has 3 atom stereocenters. The van der Waals surface area contributed by atoms with Crippen LogP contribution in [0.3, 0.4) is 0 Å². The quantitative estimate of drug-likeness (QED) is 0.822. The molecule has 0 radical (unpaired) electrons. The summed E-state index contributed by atoms with van der Waals surface area (Å²) in [6, 6.07) is 6.71. The molecule has 0 spiro atoms. The Labute approximate surface area is 167 Å². The SMILES string of the molecule is Cl.NC1CCC2CN(C(=O)c3cccc(S(=O)(=O)N4CCCCC4)c3)CC12. The lowest BCUT2D eigenvalue weighted by molar-refractivity contribution is 0.0779. The van der Waals surface area contributed by atoms with Gasteiger partial charge in [-0.3, -0.25) is 4.79 Å². The van der Waals surface area contributed by atoms with Crippen LogP contribution in [0.25, 0.3) is 0 Å². The van der Waals surface area contributed by atoms with Gasteiger partial charge in [-0.2, -0.15) is 4.31 Å². The van der Waals surface area contributed by atoms with E-state index in [2.05, 4.69) is 0 Å². The first-order valence-electron chi connectivity index (χ1n) is 9.62. The Bertz CT molecular complexity index is 795. The van der Waals surface area contributed by atoms with Crippen molar-refractivity contribution < 1.29 is 13.2 Å². The van der Waals surface area contributed by atoms with Crippen molar-refractivity contribution in [1.29, 1.82) is 0 Å². The topological polar surface area (TPSA) is 83.7 Å². The minimum Gasteiger partial charge on any atom is -0.338 e. The van der Waals surface area contributed by atoms with Crippen molar-refractivity contribution >= 4 is 28.3 Å². The zero-order valence-corrected chi connectivity index (χ0v) is 17.1. The molecule has 1 saturated carbocycles. The van der Waals surface area contributed by atoms with Crippen molar-refractivity contribution in [3.63, 3.8) is 0 Å². The maximum atomic E-state index is 12.9. The molecule has 4 rings (SSSR count). The van der Waals surface area contributed by atoms with E-state index < -0.39 is 10.0 Å². The zero-order chi connectivity index (χ0) is 18.3. The van der Waals surface area contributed by atoms with Crippen molar-refractivity contribution in [3.8, 4) is 0 Å². The molecule has 27 heavy (non-hydrogen) atoms. The van der Waals surface area contributed by atoms with E-state index in [0.717, 1.165) is 38.6 Å². The van der Waals surface area contributed by atoms with Crippen molar-refractivity contribution in [3.05, 3.63) is 29.8 Å². The molecule has 3 aliphatic rings. The van der Waals surface area contributed by atoms with Gasteiger partial charge in [-0.1, -0.05) is 12.5 Å². The first kappa shape index (κ1) is 20.6. The summed E-state index contributed by atoms with van der Waals surface area (Å²) >= 11 is 0. The number of amides is 1. The van der Waals surface area contributed by atoms with Crippen molar-refractivity contribution in [2.45, 2.75) is 43.0 Å². The molecule has 2 heterocycles. The second-order valence-electron chi connectivity index (χ2n) is 7.87. The number of sulfonamides is 1. The Balaban J connectivity index is 0.00000210. The Hall–Kier alpha value is -1.15. The second kappa shape index (κ2) is 8.07. The van der Waals surface area contributed by atoms with E-state index in [1.165, 1.54) is 0 Å². The molecule has 0 aromatic heterocycles. The smallest absolute Gasteiger partial charge is 0.253 e. The van der Waals surface area contributed by atoms with Gasteiger partial charge in [0.15, 0.2) is 0 Å². The lowest BCUT2D eigenvalue weighted by atomic mass is 9.98. The van der Waals surface area contributed by atoms with Crippen LogP contribution in [0.2, 0.25) is 0 Å². The van der Waals surface area contributed by atoms with Gasteiger partial charge in [0.2, 0.25) is 10.0 Å². The van der Waals surface area contributed by atoms with Crippen molar-refractivity contribution in [2.24, 2.45) is 17.6 Å². The minimum absolute atomic E-state index is 0. The van der Waals surface area contributed by atoms with Crippen LogP contribution >= 0.6 is 12.4 Å². The number of nitrogens with zero attached hydrogens (tertiary/aromatic N) is 2. The van der Waals surface area contributed by atoms with Crippen LogP contribution in [0, 0.1) is 11.8 Å². The van der Waals surface area contributed by atoms with E-state index in [1.807, 2.05) is 4.90 Å². The van der Waals surface area contributed by atoms with Gasteiger partial charge in [0.25, 0.3) is 5.91 Å². The number of hydrogen-bond donors (Lipinski definition) is 1. The monoisotopic (exact) mass is 413 g/mol. The first-order valence-corrected chi connectivity index (χ1v) is 11.1. The number of hydrogen-bond acceptors (Lipinski definition) is 4. The van der Waals surface area contributed by atoms with Crippen molar-refractivity contribution in [2.75, 3.05) is 26.2 Å². The third-order valence-electron chi connectivity index (χ3n) is 6.23. The van der Waals surface area contributed by atoms with Gasteiger partial charge in [0, 0.05) is 37.8 Å². The summed E-state index contributed by atoms with van der Waals surface area (Å²) in [5.74, 6) is 0.802. The normalized spacial score (nSPS) is 28.6. The number of likely N-dealkylation sites (tertiary alicyclic amines) is 1. The Morgan fingerprint density at radius 3 is 2.52 bits per heavy atom. The molecule has 2 saturated heterocycles. The first-order chi connectivity index (χ1) is 12.5. The predicted molar refractivity (Wildman–Crippen MR) is 106 cm³/mol. The highest BCUT2D eigenvalue weighted by Crippen LogP contribution is 2.37. The molecule has 1 aromatic rings. The molecule has 150 valence electrons. The largest absolute Gasteiger partial charge is 0.338 e. The number of fused-ring (bicyclic) bond motifs is 1. The average Bonchev–Trinajstić information content (AvgIpc) is 3.24. The number of piperidine rings is 1. The van der Waals surface area contributed by atoms with Gasteiger partial charge in [0.05, 0.1) is 4.90 Å². The molecule has 2 N–H and O–H groups in total. The van der Waals surface area contributed by atoms with Gasteiger partial charge < -0.3 is 10.6 Å². The molecule has 3 unspecified atom stereocenters. The molecule has 0 bridgehead atoms. The van der Waals surface area contributed by atoms with E-state index in [9.17, 15) is 13.2 Å². The molecule has 8 heteroatoms. The van der Waals surface area contributed by atoms with Crippen molar-refractivity contribution in [1.82, 2.24) is 9.21 Å². The zero-order valence-electron chi connectivity index (χ0n) is 15.4. The van der Waals surface area contributed by atoms with Gasteiger partial charge in [-0.25, -0.2) is 8.42 Å². The lowest BCUT2D eigenvalue weighted by Gasteiger charge is -2.26. The fourth-order valence-corrected chi connectivity index (χ4v) is 6.26. The number of benzene rings is 1. The van der Waals surface area contributed by atoms with Crippen LogP contribution in [0.15, 0.2) is 29.2 Å². The molecular weight excluding hydrogens is 386 g/mol. The van der Waals surface area contributed by atoms with Gasteiger partial charge in [0.1, 0.15) is 0 Å². The summed E-state index contributed by atoms with van der Waals surface area (Å²) in [4.78, 5) is 15.0. The fraction of sp³-hybridized carbons (Fsp3) is 0.632. The number of nitrogens with two attached hydrogens (primary N) is 1. The number of rotatable bonds is 3. The van der Waals surface area contributed by atoms with E-state index in [-0.39, 0.29) is 29.3 Å². The molecule has 3 fully saturated rings. The fourth-order valence-electron chi connectivity index (χ4n) is 4.70. The maximum Gasteiger partial charge on any atom is 0.253 e. The van der Waals surface area contributed by atoms with E-state index in [0.29, 0.717) is 37.0 Å². The Morgan fingerprint density at radius 2 is 1.81 bits per heavy atom. The van der Waals surface area contributed by atoms with Crippen LogP contribution < -0.4 is 5.73 Å². The minimum atomic E-state index is -3.52. The number of halogens is 1. The van der Waals surface area contributed by atoms with Gasteiger partial charge in [-0.05, 0) is 55.7 Å². The summed E-state index contributed by atoms with van der Waals surface area (Å²) < 4.78 is 27.3. The van der Waals surface area contributed by atoms with E-state index in [4.69, 9.17) is 5.73 Å². The standard InChI is InChI=1S/C19H27N3O3S.ClH/c20-18-8-7-15-12-21(13-17(15)18)19(23)14-5-4-6-16(11-14)26(24,25)22-9-2-1-3-10-22;/h4-6,11,15,17-18H,1-3,7-10,12-13,20H2;1H. The maximum absolute atomic E-state index is 12.9. The van der Waals surface area contributed by atoms with Crippen LogP contribution in [-0.2, 0) is 10.0 Å². The third kappa shape index (κ3) is 3.88. The second-order valence-corrected chi connectivity index (χ2v) is 9.81. The summed E-state index contributed by atoms with van der Waals surface area (Å²) in [6.07, 6.45) is 4.99. The highest BCUT2D eigenvalue weighted by atomic mass is 35.5. The molecule has 1 amide bonds. The summed E-state index contributed by atoms with van der Waals surface area (Å²) in [6.45, 7) is 2.55. The Morgan fingerprint density at radius 1 is 1.07 bits per heavy atom. The molecular formula is C19H28ClN3O3S. The summed E-state index contributed by atoms with van der Waals surface area (Å²) in [5, 5.41) is 0. The predicted octanol–water partition coefficient (Wildman–Crippen LogP) is 2.09.